The van der Waals surface area contributed by atoms with Gasteiger partial charge in [0.1, 0.15) is 13.1 Å². The van der Waals surface area contributed by atoms with Crippen molar-refractivity contribution >= 4 is 17.8 Å². The molecule has 1 heterocycles. The van der Waals surface area contributed by atoms with Gasteiger partial charge in [0.25, 0.3) is 0 Å². The average Bonchev–Trinajstić information content (AvgIpc) is 2.71. The van der Waals surface area contributed by atoms with Crippen LogP contribution in [0.4, 0.5) is 6.01 Å². The lowest BCUT2D eigenvalue weighted by atomic mass is 10.1. The van der Waals surface area contributed by atoms with E-state index in [9.17, 15) is 9.59 Å². The van der Waals surface area contributed by atoms with E-state index in [-0.39, 0.29) is 24.6 Å². The number of carbonyl (C=O) groups is 2. The molecule has 9 nitrogen and oxygen atoms in total. The van der Waals surface area contributed by atoms with Gasteiger partial charge in [0.2, 0.25) is 17.7 Å². The monoisotopic (exact) mass is 284 g/mol. The third-order valence-corrected chi connectivity index (χ3v) is 2.19. The highest BCUT2D eigenvalue weighted by molar-refractivity contribution is 5.83. The predicted molar refractivity (Wildman–Crippen MR) is 71.5 cm³/mol. The Morgan fingerprint density at radius 2 is 1.75 bits per heavy atom. The largest absolute Gasteiger partial charge is 0.407 e. The van der Waals surface area contributed by atoms with Crippen LogP contribution < -0.4 is 21.7 Å². The second kappa shape index (κ2) is 6.33. The van der Waals surface area contributed by atoms with Gasteiger partial charge in [0.15, 0.2) is 0 Å². The summed E-state index contributed by atoms with van der Waals surface area (Å²) >= 11 is 0. The quantitative estimate of drug-likeness (QED) is 0.567. The molecule has 2 amide bonds. The lowest BCUT2D eigenvalue weighted by Crippen LogP contribution is -2.39. The molecule has 5 N–H and O–H groups in total. The molecule has 0 unspecified atom stereocenters. The first-order valence-corrected chi connectivity index (χ1v) is 6.06. The zero-order chi connectivity index (χ0) is 15.3. The Labute approximate surface area is 116 Å². The molecular formula is C11H20N6O3. The number of rotatable bonds is 7. The minimum Gasteiger partial charge on any atom is -0.407 e. The fraction of sp³-hybridized carbons (Fsp3) is 0.636. The van der Waals surface area contributed by atoms with Crippen molar-refractivity contribution in [3.63, 3.8) is 0 Å². The summed E-state index contributed by atoms with van der Waals surface area (Å²) < 4.78 is 5.37. The molecule has 0 aliphatic rings. The van der Waals surface area contributed by atoms with Crippen LogP contribution in [0.15, 0.2) is 4.42 Å². The SMILES string of the molecule is CC(C)(C)NCc1nnc(N(CC(N)=O)CC(N)=O)o1. The van der Waals surface area contributed by atoms with Gasteiger partial charge in [-0.3, -0.25) is 9.59 Å². The van der Waals surface area contributed by atoms with Crippen LogP contribution in [0, 0.1) is 0 Å². The van der Waals surface area contributed by atoms with Gasteiger partial charge < -0.3 is 26.1 Å². The van der Waals surface area contributed by atoms with E-state index >= 15 is 0 Å². The molecule has 0 saturated carbocycles. The summed E-state index contributed by atoms with van der Waals surface area (Å²) in [5.41, 5.74) is 10.1. The Bertz CT molecular complexity index is 463. The molecule has 0 radical (unpaired) electrons. The van der Waals surface area contributed by atoms with E-state index in [4.69, 9.17) is 15.9 Å². The molecule has 1 aromatic rings. The highest BCUT2D eigenvalue weighted by Crippen LogP contribution is 2.12. The molecule has 0 saturated heterocycles. The highest BCUT2D eigenvalue weighted by Gasteiger charge is 2.19. The molecule has 0 fully saturated rings. The number of anilines is 1. The van der Waals surface area contributed by atoms with Crippen molar-refractivity contribution in [2.75, 3.05) is 18.0 Å². The van der Waals surface area contributed by atoms with Gasteiger partial charge in [-0.05, 0) is 20.8 Å². The number of carbonyl (C=O) groups excluding carboxylic acids is 2. The zero-order valence-electron chi connectivity index (χ0n) is 11.8. The molecule has 0 aliphatic heterocycles. The van der Waals surface area contributed by atoms with Gasteiger partial charge in [-0.2, -0.15) is 0 Å². The van der Waals surface area contributed by atoms with Crippen molar-refractivity contribution < 1.29 is 14.0 Å². The number of nitrogens with two attached hydrogens (primary N) is 2. The standard InChI is InChI=1S/C11H20N6O3/c1-11(2,3)14-4-9-15-16-10(20-9)17(5-7(12)18)6-8(13)19/h14H,4-6H2,1-3H3,(H2,12,18)(H2,13,19). The minimum absolute atomic E-state index is 0.0355. The Morgan fingerprint density at radius 1 is 1.20 bits per heavy atom. The van der Waals surface area contributed by atoms with E-state index < -0.39 is 11.8 Å². The minimum atomic E-state index is -0.626. The van der Waals surface area contributed by atoms with Crippen molar-refractivity contribution in [2.45, 2.75) is 32.9 Å². The van der Waals surface area contributed by atoms with Crippen LogP contribution in [0.2, 0.25) is 0 Å². The summed E-state index contributed by atoms with van der Waals surface area (Å²) in [4.78, 5) is 23.1. The summed E-state index contributed by atoms with van der Waals surface area (Å²) in [6, 6.07) is 0.0355. The van der Waals surface area contributed by atoms with Gasteiger partial charge in [0.05, 0.1) is 6.54 Å². The van der Waals surface area contributed by atoms with Crippen molar-refractivity contribution in [1.82, 2.24) is 15.5 Å². The number of amides is 2. The first-order chi connectivity index (χ1) is 9.17. The highest BCUT2D eigenvalue weighted by atomic mass is 16.4. The fourth-order valence-electron chi connectivity index (χ4n) is 1.35. The van der Waals surface area contributed by atoms with Gasteiger partial charge in [-0.25, -0.2) is 0 Å². The average molecular weight is 284 g/mol. The summed E-state index contributed by atoms with van der Waals surface area (Å²) in [6.45, 7) is 5.91. The Hall–Kier alpha value is -2.16. The Morgan fingerprint density at radius 3 is 2.20 bits per heavy atom. The molecule has 20 heavy (non-hydrogen) atoms. The Balaban J connectivity index is 2.74. The Kier molecular flexibility index (Phi) is 5.03. The van der Waals surface area contributed by atoms with Crippen LogP contribution in [0.1, 0.15) is 26.7 Å². The number of hydrogen-bond acceptors (Lipinski definition) is 7. The molecule has 0 bridgehead atoms. The predicted octanol–water partition coefficient (Wildman–Crippen LogP) is -1.27. The summed E-state index contributed by atoms with van der Waals surface area (Å²) in [6.07, 6.45) is 0. The molecule has 0 atom stereocenters. The number of nitrogens with one attached hydrogen (secondary N) is 1. The lowest BCUT2D eigenvalue weighted by molar-refractivity contribution is -0.117. The molecule has 9 heteroatoms. The molecule has 0 spiro atoms. The van der Waals surface area contributed by atoms with E-state index in [1.54, 1.807) is 0 Å². The molecule has 1 aromatic heterocycles. The van der Waals surface area contributed by atoms with Crippen molar-refractivity contribution in [1.29, 1.82) is 0 Å². The van der Waals surface area contributed by atoms with Gasteiger partial charge in [-0.1, -0.05) is 5.10 Å². The topological polar surface area (TPSA) is 140 Å². The van der Waals surface area contributed by atoms with Gasteiger partial charge in [0, 0.05) is 5.54 Å². The van der Waals surface area contributed by atoms with E-state index in [0.717, 1.165) is 0 Å². The second-order valence-corrected chi connectivity index (χ2v) is 5.37. The first kappa shape index (κ1) is 15.9. The maximum atomic E-state index is 11.0. The number of nitrogens with zero attached hydrogens (tertiary/aromatic N) is 3. The van der Waals surface area contributed by atoms with Crippen LogP contribution in [0.3, 0.4) is 0 Å². The number of hydrogen-bond donors (Lipinski definition) is 3. The molecular weight excluding hydrogens is 264 g/mol. The first-order valence-electron chi connectivity index (χ1n) is 6.06. The van der Waals surface area contributed by atoms with Crippen LogP contribution in [-0.4, -0.2) is 40.6 Å². The summed E-state index contributed by atoms with van der Waals surface area (Å²) in [7, 11) is 0. The normalized spacial score (nSPS) is 11.3. The van der Waals surface area contributed by atoms with E-state index in [1.807, 2.05) is 20.8 Å². The van der Waals surface area contributed by atoms with E-state index in [2.05, 4.69) is 15.5 Å². The third kappa shape index (κ3) is 5.65. The smallest absolute Gasteiger partial charge is 0.319 e. The number of aromatic nitrogens is 2. The van der Waals surface area contributed by atoms with Crippen molar-refractivity contribution in [3.05, 3.63) is 5.89 Å². The molecule has 1 rings (SSSR count). The van der Waals surface area contributed by atoms with E-state index in [0.29, 0.717) is 12.4 Å². The maximum absolute atomic E-state index is 11.0. The molecule has 0 aromatic carbocycles. The van der Waals surface area contributed by atoms with Crippen LogP contribution in [0.5, 0.6) is 0 Å². The number of primary amides is 2. The molecule has 0 aliphatic carbocycles. The van der Waals surface area contributed by atoms with Crippen molar-refractivity contribution in [3.8, 4) is 0 Å². The van der Waals surface area contributed by atoms with Gasteiger partial charge >= 0.3 is 6.01 Å². The third-order valence-electron chi connectivity index (χ3n) is 2.19. The van der Waals surface area contributed by atoms with Crippen LogP contribution in [-0.2, 0) is 16.1 Å². The summed E-state index contributed by atoms with van der Waals surface area (Å²) in [5.74, 6) is -0.911. The van der Waals surface area contributed by atoms with Crippen molar-refractivity contribution in [2.24, 2.45) is 11.5 Å². The van der Waals surface area contributed by atoms with Crippen LogP contribution >= 0.6 is 0 Å². The van der Waals surface area contributed by atoms with E-state index in [1.165, 1.54) is 4.90 Å². The lowest BCUT2D eigenvalue weighted by Gasteiger charge is -2.19. The maximum Gasteiger partial charge on any atom is 0.319 e. The fourth-order valence-corrected chi connectivity index (χ4v) is 1.35. The molecule has 112 valence electrons. The van der Waals surface area contributed by atoms with Crippen LogP contribution in [0.25, 0.3) is 0 Å². The summed E-state index contributed by atoms with van der Waals surface area (Å²) in [5, 5.41) is 10.8. The van der Waals surface area contributed by atoms with Gasteiger partial charge in [-0.15, -0.1) is 5.10 Å². The zero-order valence-corrected chi connectivity index (χ0v) is 11.8. The second-order valence-electron chi connectivity index (χ2n) is 5.37.